The van der Waals surface area contributed by atoms with Crippen molar-refractivity contribution < 1.29 is 98.3 Å². The summed E-state index contributed by atoms with van der Waals surface area (Å²) in [6.07, 6.45) is -7.29. The van der Waals surface area contributed by atoms with E-state index in [1.54, 1.807) is 35.2 Å². The van der Waals surface area contributed by atoms with Gasteiger partial charge in [0.2, 0.25) is 23.6 Å². The number of aromatic nitrogens is 1. The van der Waals surface area contributed by atoms with E-state index < -0.39 is 54.4 Å². The Balaban J connectivity index is 0.000000574. The van der Waals surface area contributed by atoms with E-state index in [2.05, 4.69) is 41.0 Å². The first-order valence-corrected chi connectivity index (χ1v) is 27.5. The first kappa shape index (κ1) is 70.0. The number of nitrogens with zero attached hydrogens (tertiary/aromatic N) is 4. The fourth-order valence-electron chi connectivity index (χ4n) is 9.71. The number of likely N-dealkylation sites (tertiary alicyclic amines) is 1. The van der Waals surface area contributed by atoms with Crippen LogP contribution in [0.5, 0.6) is 5.75 Å². The zero-order valence-electron chi connectivity index (χ0n) is 47.3. The number of carboxylic acid groups (broad SMARTS) is 3. The number of amides is 5. The lowest BCUT2D eigenvalue weighted by molar-refractivity contribution is -0.193. The van der Waals surface area contributed by atoms with Crippen LogP contribution < -0.4 is 26.2 Å². The minimum atomic E-state index is -5.08. The molecule has 9 N–H and O–H groups in total. The number of anilines is 3. The number of hydrogen-bond acceptors (Lipinski definition) is 12. The second kappa shape index (κ2) is 32.3. The summed E-state index contributed by atoms with van der Waals surface area (Å²) in [6.45, 7) is 9.38. The number of para-hydroxylation sites is 4. The number of carbonyl (C=O) groups excluding carboxylic acids is 5. The van der Waals surface area contributed by atoms with Gasteiger partial charge in [0.25, 0.3) is 5.91 Å². The average Bonchev–Trinajstić information content (AvgIpc) is 3.57. The van der Waals surface area contributed by atoms with Gasteiger partial charge in [-0.05, 0) is 98.4 Å². The molecule has 30 heteroatoms. The van der Waals surface area contributed by atoms with Crippen molar-refractivity contribution in [1.29, 1.82) is 0 Å². The predicted molar refractivity (Wildman–Crippen MR) is 301 cm³/mol. The van der Waals surface area contributed by atoms with E-state index >= 15 is 0 Å². The number of H-pyrrole nitrogens is 1. The third-order valence-electron chi connectivity index (χ3n) is 14.2. The van der Waals surface area contributed by atoms with Crippen molar-refractivity contribution in [1.82, 2.24) is 35.6 Å². The Labute approximate surface area is 497 Å². The summed E-state index contributed by atoms with van der Waals surface area (Å²) in [7, 11) is 0. The van der Waals surface area contributed by atoms with Crippen LogP contribution in [0.4, 0.5) is 56.6 Å². The maximum atomic E-state index is 13.9. The topological polar surface area (TPSA) is 294 Å². The molecule has 0 unspecified atom stereocenters. The minimum Gasteiger partial charge on any atom is -0.508 e. The van der Waals surface area contributed by atoms with Crippen LogP contribution >= 0.6 is 0 Å². The largest absolute Gasteiger partial charge is 0.508 e. The number of aromatic amines is 1. The third-order valence-corrected chi connectivity index (χ3v) is 14.2. The van der Waals surface area contributed by atoms with Gasteiger partial charge in [-0.25, -0.2) is 14.4 Å². The van der Waals surface area contributed by atoms with Gasteiger partial charge in [-0.1, -0.05) is 67.4 Å². The molecule has 2 saturated heterocycles. The van der Waals surface area contributed by atoms with Crippen molar-refractivity contribution in [2.24, 2.45) is 5.92 Å². The number of aliphatic carboxylic acids is 3. The van der Waals surface area contributed by atoms with Gasteiger partial charge in [0, 0.05) is 76.1 Å². The molecular formula is C58H66F9N9O12. The molecule has 0 spiro atoms. The van der Waals surface area contributed by atoms with Gasteiger partial charge in [-0.3, -0.25) is 38.7 Å². The monoisotopic (exact) mass is 1250 g/mol. The summed E-state index contributed by atoms with van der Waals surface area (Å²) in [6, 6.07) is 27.3. The highest BCUT2D eigenvalue weighted by molar-refractivity contribution is 6.18. The Morgan fingerprint density at radius 2 is 1.14 bits per heavy atom. The number of phenols is 1. The van der Waals surface area contributed by atoms with Gasteiger partial charge in [0.15, 0.2) is 0 Å². The number of hydrogen-bond donors (Lipinski definition) is 9. The Morgan fingerprint density at radius 1 is 0.614 bits per heavy atom. The Hall–Kier alpha value is -8.77. The van der Waals surface area contributed by atoms with Crippen molar-refractivity contribution in [2.45, 2.75) is 82.5 Å². The average molecular weight is 1250 g/mol. The molecule has 4 heterocycles. The number of piperazine rings is 1. The zero-order chi connectivity index (χ0) is 64.9. The van der Waals surface area contributed by atoms with Crippen molar-refractivity contribution in [2.75, 3.05) is 75.7 Å². The maximum absolute atomic E-state index is 13.9. The number of piperidine rings is 1. The Morgan fingerprint density at radius 3 is 1.72 bits per heavy atom. The molecule has 2 fully saturated rings. The van der Waals surface area contributed by atoms with E-state index in [1.807, 2.05) is 72.9 Å². The number of carbonyl (C=O) groups is 8. The highest BCUT2D eigenvalue weighted by atomic mass is 19.4. The second-order valence-corrected chi connectivity index (χ2v) is 20.6. The number of phenolic OH excluding ortho intramolecular Hbond substituents is 1. The van der Waals surface area contributed by atoms with Gasteiger partial charge < -0.3 is 51.6 Å². The molecule has 5 amide bonds. The number of rotatable bonds is 18. The van der Waals surface area contributed by atoms with Crippen LogP contribution in [0, 0.1) is 5.92 Å². The molecule has 2 atom stereocenters. The summed E-state index contributed by atoms with van der Waals surface area (Å²) in [5.74, 6) is -8.87. The standard InChI is InChI=1S/C52H63N9O6.3C2HF3O2/c1-36(62)55-46(33-39-34-54-43-13-4-2-11-41(39)43)52(67)57-45(32-38-17-19-40(63)20-18-38)51(66)53-23-27-59-30-28-58(29-31-59)24-9-8-10-37-21-25-60(26-22-37)35-49(64)61-47-15-6-3-12-42(47)50(65)56-44-14-5-7-16-48(44)61;3*3-2(4,5)1(6)7/h2-7,11-20,34,37,45-46,54,63H,8-10,21-33,35H2,1H3,(H,53,66)(H,55,62)(H,56,65)(H,57,67);3*(H,6,7)/t45-,46-;;;/m0.../s1. The van der Waals surface area contributed by atoms with Crippen LogP contribution in [-0.4, -0.2) is 184 Å². The van der Waals surface area contributed by atoms with E-state index in [0.717, 1.165) is 87.1 Å². The lowest BCUT2D eigenvalue weighted by Crippen LogP contribution is -2.55. The number of alkyl halides is 9. The van der Waals surface area contributed by atoms with Crippen LogP contribution in [0.3, 0.4) is 0 Å². The van der Waals surface area contributed by atoms with Crippen molar-refractivity contribution in [3.05, 3.63) is 120 Å². The van der Waals surface area contributed by atoms with Gasteiger partial charge in [-0.15, -0.1) is 0 Å². The highest BCUT2D eigenvalue weighted by Crippen LogP contribution is 2.38. The van der Waals surface area contributed by atoms with Crippen molar-refractivity contribution in [3.63, 3.8) is 0 Å². The van der Waals surface area contributed by atoms with E-state index in [9.17, 15) is 68.6 Å². The molecule has 0 saturated carbocycles. The van der Waals surface area contributed by atoms with Crippen LogP contribution in [0.1, 0.15) is 60.5 Å². The molecule has 88 heavy (non-hydrogen) atoms. The van der Waals surface area contributed by atoms with E-state index in [0.29, 0.717) is 48.2 Å². The maximum Gasteiger partial charge on any atom is 0.490 e. The summed E-state index contributed by atoms with van der Waals surface area (Å²) in [5.41, 5.74) is 5.01. The number of aromatic hydroxyl groups is 1. The lowest BCUT2D eigenvalue weighted by Gasteiger charge is -2.35. The predicted octanol–water partition coefficient (Wildman–Crippen LogP) is 7.09. The fraction of sp³-hybridized carbons (Fsp3) is 0.414. The van der Waals surface area contributed by atoms with Crippen LogP contribution in [-0.2, 0) is 46.4 Å². The number of nitrogens with one attached hydrogen (secondary N) is 5. The molecule has 3 aliphatic heterocycles. The number of benzene rings is 4. The van der Waals surface area contributed by atoms with E-state index in [1.165, 1.54) is 19.8 Å². The molecular weight excluding hydrogens is 1190 g/mol. The Bertz CT molecular complexity index is 3120. The second-order valence-electron chi connectivity index (χ2n) is 20.6. The molecule has 1 aromatic heterocycles. The smallest absolute Gasteiger partial charge is 0.490 e. The molecule has 21 nitrogen and oxygen atoms in total. The molecule has 0 bridgehead atoms. The quantitative estimate of drug-likeness (QED) is 0.0312. The molecule has 5 aromatic rings. The van der Waals surface area contributed by atoms with Crippen LogP contribution in [0.25, 0.3) is 10.9 Å². The zero-order valence-corrected chi connectivity index (χ0v) is 47.3. The molecule has 478 valence electrons. The Kier molecular flexibility index (Phi) is 25.7. The lowest BCUT2D eigenvalue weighted by atomic mass is 9.91. The normalized spacial score (nSPS) is 15.5. The first-order valence-electron chi connectivity index (χ1n) is 27.5. The summed E-state index contributed by atoms with van der Waals surface area (Å²) in [5, 5.41) is 43.9. The van der Waals surface area contributed by atoms with Gasteiger partial charge >= 0.3 is 36.4 Å². The SMILES string of the molecule is CC(=O)N[C@@H](Cc1c[nH]c2ccccc12)C(=O)N[C@@H](Cc1ccc(O)cc1)C(=O)NCCN1CCN(CCCCC2CCN(CC(=O)N3c4ccccc4NC(=O)c4ccccc43)CC2)CC1.O=C(O)C(F)(F)F.O=C(O)C(F)(F)F.O=C(O)C(F)(F)F. The molecule has 4 aromatic carbocycles. The van der Waals surface area contributed by atoms with Crippen molar-refractivity contribution >= 4 is 75.4 Å². The number of fused-ring (bicyclic) bond motifs is 3. The van der Waals surface area contributed by atoms with Gasteiger partial charge in [0.1, 0.15) is 17.8 Å². The fourth-order valence-corrected chi connectivity index (χ4v) is 9.71. The number of carboxylic acids is 3. The van der Waals surface area contributed by atoms with E-state index in [-0.39, 0.29) is 42.2 Å². The number of unbranched alkanes of at least 4 members (excludes halogenated alkanes) is 1. The van der Waals surface area contributed by atoms with Crippen LogP contribution in [0.15, 0.2) is 103 Å². The minimum absolute atomic E-state index is 0.0382. The van der Waals surface area contributed by atoms with Gasteiger partial charge in [-0.2, -0.15) is 39.5 Å². The number of halogens is 9. The van der Waals surface area contributed by atoms with Crippen LogP contribution in [0.2, 0.25) is 0 Å². The molecule has 8 rings (SSSR count). The highest BCUT2D eigenvalue weighted by Gasteiger charge is 2.40. The summed E-state index contributed by atoms with van der Waals surface area (Å²) >= 11 is 0. The molecule has 3 aliphatic rings. The van der Waals surface area contributed by atoms with Crippen molar-refractivity contribution in [3.8, 4) is 5.75 Å². The first-order chi connectivity index (χ1) is 41.4. The third kappa shape index (κ3) is 22.2. The van der Waals surface area contributed by atoms with Gasteiger partial charge in [0.05, 0.1) is 29.2 Å². The van der Waals surface area contributed by atoms with E-state index in [4.69, 9.17) is 29.7 Å². The summed E-state index contributed by atoms with van der Waals surface area (Å²) in [4.78, 5) is 105. The molecule has 0 radical (unpaired) electrons. The molecule has 0 aliphatic carbocycles. The summed E-state index contributed by atoms with van der Waals surface area (Å²) < 4.78 is 95.2.